The van der Waals surface area contributed by atoms with E-state index < -0.39 is 11.6 Å². The van der Waals surface area contributed by atoms with Crippen LogP contribution in [-0.2, 0) is 15.1 Å². The Labute approximate surface area is 196 Å². The molecule has 0 aliphatic carbocycles. The Bertz CT molecular complexity index is 1420. The number of hydrogen-bond donors (Lipinski definition) is 0. The van der Waals surface area contributed by atoms with Crippen molar-refractivity contribution in [3.05, 3.63) is 107 Å². The minimum Gasteiger partial charge on any atom is -0.497 e. The van der Waals surface area contributed by atoms with Crippen molar-refractivity contribution >= 4 is 16.9 Å². The van der Waals surface area contributed by atoms with Crippen molar-refractivity contribution < 1.29 is 23.4 Å². The van der Waals surface area contributed by atoms with Gasteiger partial charge in [-0.15, -0.1) is 0 Å². The summed E-state index contributed by atoms with van der Waals surface area (Å²) in [5, 5.41) is 0.406. The molecule has 34 heavy (non-hydrogen) atoms. The molecule has 170 valence electrons. The first-order valence-corrected chi connectivity index (χ1v) is 10.8. The van der Waals surface area contributed by atoms with Gasteiger partial charge in [0.2, 0.25) is 11.2 Å². The Hall–Kier alpha value is -4.32. The van der Waals surface area contributed by atoms with Crippen molar-refractivity contribution in [3.63, 3.8) is 0 Å². The van der Waals surface area contributed by atoms with Crippen molar-refractivity contribution in [1.29, 1.82) is 0 Å². The molecule has 2 heterocycles. The van der Waals surface area contributed by atoms with Crippen LogP contribution in [0.3, 0.4) is 0 Å². The summed E-state index contributed by atoms with van der Waals surface area (Å²) in [6.07, 6.45) is 0.234. The fraction of sp³-hybridized carbons (Fsp3) is 0.143. The number of fused-ring (bicyclic) bond motifs is 1. The minimum atomic E-state index is -1.13. The largest absolute Gasteiger partial charge is 0.497 e. The van der Waals surface area contributed by atoms with Crippen molar-refractivity contribution in [2.75, 3.05) is 13.7 Å². The van der Waals surface area contributed by atoms with Gasteiger partial charge in [-0.25, -0.2) is 4.79 Å². The maximum absolute atomic E-state index is 13.5. The Morgan fingerprint density at radius 3 is 2.32 bits per heavy atom. The van der Waals surface area contributed by atoms with Crippen LogP contribution in [0, 0.1) is 0 Å². The van der Waals surface area contributed by atoms with Crippen LogP contribution in [-0.4, -0.2) is 19.7 Å². The molecule has 1 unspecified atom stereocenters. The zero-order chi connectivity index (χ0) is 23.7. The van der Waals surface area contributed by atoms with Crippen molar-refractivity contribution in [3.8, 4) is 22.8 Å². The second-order valence-corrected chi connectivity index (χ2v) is 8.13. The van der Waals surface area contributed by atoms with E-state index in [2.05, 4.69) is 6.58 Å². The second-order valence-electron chi connectivity index (χ2n) is 8.13. The Balaban J connectivity index is 1.60. The predicted molar refractivity (Wildman–Crippen MR) is 128 cm³/mol. The molecule has 0 radical (unpaired) electrons. The van der Waals surface area contributed by atoms with Gasteiger partial charge in [-0.1, -0.05) is 61.2 Å². The molecule has 1 saturated heterocycles. The molecule has 0 bridgehead atoms. The summed E-state index contributed by atoms with van der Waals surface area (Å²) in [6, 6.07) is 23.5. The van der Waals surface area contributed by atoms with Crippen LogP contribution in [0.2, 0.25) is 0 Å². The number of cyclic esters (lactones) is 1. The Morgan fingerprint density at radius 1 is 0.941 bits per heavy atom. The van der Waals surface area contributed by atoms with Crippen LogP contribution >= 0.6 is 0 Å². The molecular formula is C28H22O6. The molecule has 6 nitrogen and oxygen atoms in total. The van der Waals surface area contributed by atoms with Gasteiger partial charge in [-0.2, -0.15) is 0 Å². The van der Waals surface area contributed by atoms with Crippen LogP contribution in [0.4, 0.5) is 0 Å². The Morgan fingerprint density at radius 2 is 1.65 bits per heavy atom. The fourth-order valence-corrected chi connectivity index (χ4v) is 4.15. The van der Waals surface area contributed by atoms with E-state index in [4.69, 9.17) is 18.6 Å². The molecule has 0 spiro atoms. The summed E-state index contributed by atoms with van der Waals surface area (Å²) >= 11 is 0. The summed E-state index contributed by atoms with van der Waals surface area (Å²) < 4.78 is 23.3. The molecule has 1 aliphatic heterocycles. The first-order valence-electron chi connectivity index (χ1n) is 10.8. The maximum atomic E-state index is 13.5. The average Bonchev–Trinajstić information content (AvgIpc) is 3.18. The molecule has 0 N–H and O–H groups in total. The summed E-state index contributed by atoms with van der Waals surface area (Å²) in [5.41, 5.74) is 0.789. The zero-order valence-corrected chi connectivity index (χ0v) is 18.6. The van der Waals surface area contributed by atoms with Gasteiger partial charge in [0, 0.05) is 17.6 Å². The highest BCUT2D eigenvalue weighted by molar-refractivity contribution is 5.90. The maximum Gasteiger partial charge on any atom is 0.334 e. The van der Waals surface area contributed by atoms with Crippen LogP contribution in [0.5, 0.6) is 11.5 Å². The number of hydrogen-bond acceptors (Lipinski definition) is 6. The molecule has 6 heteroatoms. The first kappa shape index (κ1) is 21.5. The zero-order valence-electron chi connectivity index (χ0n) is 18.6. The van der Waals surface area contributed by atoms with Crippen molar-refractivity contribution in [2.24, 2.45) is 0 Å². The second kappa shape index (κ2) is 8.56. The lowest BCUT2D eigenvalue weighted by Gasteiger charge is -2.28. The number of methoxy groups -OCH3 is 1. The number of rotatable bonds is 6. The highest BCUT2D eigenvalue weighted by Gasteiger charge is 2.45. The number of esters is 1. The quantitative estimate of drug-likeness (QED) is 0.293. The normalized spacial score (nSPS) is 17.6. The molecule has 4 aromatic rings. The molecule has 1 atom stereocenters. The van der Waals surface area contributed by atoms with E-state index in [1.165, 1.54) is 0 Å². The first-order chi connectivity index (χ1) is 16.5. The van der Waals surface area contributed by atoms with Crippen LogP contribution < -0.4 is 14.9 Å². The van der Waals surface area contributed by atoms with Gasteiger partial charge in [-0.05, 0) is 29.8 Å². The van der Waals surface area contributed by atoms with Crippen LogP contribution in [0.1, 0.15) is 12.0 Å². The molecule has 1 aliphatic rings. The number of para-hydroxylation sites is 1. The van der Waals surface area contributed by atoms with Crippen LogP contribution in [0.15, 0.2) is 100 Å². The monoisotopic (exact) mass is 454 g/mol. The molecule has 1 aromatic heterocycles. The summed E-state index contributed by atoms with van der Waals surface area (Å²) in [7, 11) is 1.58. The van der Waals surface area contributed by atoms with E-state index >= 15 is 0 Å². The van der Waals surface area contributed by atoms with Gasteiger partial charge >= 0.3 is 5.97 Å². The number of carbonyl (C=O) groups is 1. The van der Waals surface area contributed by atoms with Gasteiger partial charge < -0.3 is 18.6 Å². The van der Waals surface area contributed by atoms with Crippen LogP contribution in [0.25, 0.3) is 22.3 Å². The third-order valence-electron chi connectivity index (χ3n) is 5.93. The van der Waals surface area contributed by atoms with Gasteiger partial charge in [0.25, 0.3) is 0 Å². The highest BCUT2D eigenvalue weighted by atomic mass is 16.6. The van der Waals surface area contributed by atoms with E-state index in [-0.39, 0.29) is 24.2 Å². The number of ether oxygens (including phenoxy) is 3. The molecule has 5 rings (SSSR count). The lowest BCUT2D eigenvalue weighted by Crippen LogP contribution is -2.34. The fourth-order valence-electron chi connectivity index (χ4n) is 4.15. The topological polar surface area (TPSA) is 75.0 Å². The summed E-state index contributed by atoms with van der Waals surface area (Å²) in [6.45, 7) is 3.74. The average molecular weight is 454 g/mol. The standard InChI is InChI=1S/C28H22O6/c1-18-16-28(34-27(18)30,20-12-14-21(31-2)15-13-20)17-32-26-24(29)22-10-6-7-11-23(22)33-25(26)19-8-4-3-5-9-19/h3-15H,1,16-17H2,2H3. The van der Waals surface area contributed by atoms with Crippen molar-refractivity contribution in [1.82, 2.24) is 0 Å². The van der Waals surface area contributed by atoms with E-state index in [0.717, 1.165) is 0 Å². The van der Waals surface area contributed by atoms with E-state index in [9.17, 15) is 9.59 Å². The molecule has 1 fully saturated rings. The van der Waals surface area contributed by atoms with E-state index in [0.29, 0.717) is 39.2 Å². The minimum absolute atomic E-state index is 0.0614. The number of carbonyl (C=O) groups excluding carboxylic acids is 1. The van der Waals surface area contributed by atoms with E-state index in [1.54, 1.807) is 37.4 Å². The molecule has 3 aromatic carbocycles. The van der Waals surface area contributed by atoms with Crippen molar-refractivity contribution in [2.45, 2.75) is 12.0 Å². The van der Waals surface area contributed by atoms with Gasteiger partial charge in [0.1, 0.15) is 17.9 Å². The Kier molecular flexibility index (Phi) is 5.42. The highest BCUT2D eigenvalue weighted by Crippen LogP contribution is 2.41. The van der Waals surface area contributed by atoms with Gasteiger partial charge in [-0.3, -0.25) is 4.79 Å². The van der Waals surface area contributed by atoms with Gasteiger partial charge in [0.15, 0.2) is 11.4 Å². The smallest absolute Gasteiger partial charge is 0.334 e. The molecular weight excluding hydrogens is 432 g/mol. The predicted octanol–water partition coefficient (Wildman–Crippen LogP) is 5.25. The molecule has 0 amide bonds. The number of benzene rings is 3. The van der Waals surface area contributed by atoms with E-state index in [1.807, 2.05) is 48.5 Å². The lowest BCUT2D eigenvalue weighted by molar-refractivity contribution is -0.150. The third-order valence-corrected chi connectivity index (χ3v) is 5.93. The summed E-state index contributed by atoms with van der Waals surface area (Å²) in [5.74, 6) is 0.557. The molecule has 0 saturated carbocycles. The SMILES string of the molecule is C=C1CC(COc2c(-c3ccccc3)oc3ccccc3c2=O)(c2ccc(OC)cc2)OC1=O. The summed E-state index contributed by atoms with van der Waals surface area (Å²) in [4.78, 5) is 25.8. The van der Waals surface area contributed by atoms with Gasteiger partial charge in [0.05, 0.1) is 12.5 Å². The third kappa shape index (κ3) is 3.73. The lowest BCUT2D eigenvalue weighted by atomic mass is 9.90.